The summed E-state index contributed by atoms with van der Waals surface area (Å²) in [5.74, 6) is -1.76. The molecular formula is C28H21F3N6O4. The van der Waals surface area contributed by atoms with Crippen molar-refractivity contribution >= 4 is 22.8 Å². The molecule has 0 radical (unpaired) electrons. The van der Waals surface area contributed by atoms with Gasteiger partial charge in [0.25, 0.3) is 5.91 Å². The number of phenolic OH excluding ortho intramolecular Hbond substituents is 1. The molecule has 0 spiro atoms. The molecule has 10 nitrogen and oxygen atoms in total. The summed E-state index contributed by atoms with van der Waals surface area (Å²) < 4.78 is 39.6. The maximum atomic E-state index is 13.3. The Labute approximate surface area is 230 Å². The lowest BCUT2D eigenvalue weighted by Gasteiger charge is -2.16. The number of carbonyl (C=O) groups excluding carboxylic acids is 1. The molecule has 0 saturated heterocycles. The molecule has 5 rings (SSSR count). The van der Waals surface area contributed by atoms with Gasteiger partial charge in [-0.15, -0.1) is 10.2 Å². The lowest BCUT2D eigenvalue weighted by Crippen LogP contribution is -2.31. The summed E-state index contributed by atoms with van der Waals surface area (Å²) in [5, 5.41) is 34.4. The average Bonchev–Trinajstić information content (AvgIpc) is 3.38. The summed E-state index contributed by atoms with van der Waals surface area (Å²) in [7, 11) is 1.56. The maximum absolute atomic E-state index is 13.3. The zero-order chi connectivity index (χ0) is 29.3. The molecule has 1 amide bonds. The van der Waals surface area contributed by atoms with Crippen molar-refractivity contribution < 1.29 is 33.0 Å². The predicted octanol–water partition coefficient (Wildman–Crippen LogP) is 4.56. The van der Waals surface area contributed by atoms with Crippen LogP contribution >= 0.6 is 0 Å². The summed E-state index contributed by atoms with van der Waals surface area (Å²) in [6.45, 7) is 0. The summed E-state index contributed by atoms with van der Waals surface area (Å²) >= 11 is 0. The van der Waals surface area contributed by atoms with Crippen LogP contribution in [0, 0.1) is 0 Å². The van der Waals surface area contributed by atoms with Crippen LogP contribution in [0.1, 0.15) is 43.8 Å². The molecule has 0 fully saturated rings. The van der Waals surface area contributed by atoms with E-state index in [4.69, 9.17) is 0 Å². The predicted molar refractivity (Wildman–Crippen MR) is 140 cm³/mol. The summed E-state index contributed by atoms with van der Waals surface area (Å²) in [5.41, 5.74) is 0.237. The Balaban J connectivity index is 1.49. The first kappa shape index (κ1) is 27.2. The monoisotopic (exact) mass is 562 g/mol. The van der Waals surface area contributed by atoms with Crippen LogP contribution in [0.25, 0.3) is 22.0 Å². The number of benzene rings is 3. The molecule has 0 unspecified atom stereocenters. The highest BCUT2D eigenvalue weighted by atomic mass is 19.4. The second kappa shape index (κ2) is 10.7. The SMILES string of the molecule is Cn1nnc([C@@H](Cc2ccc(O)cc2)NC(=O)c2cc(C(=O)O)c3cc(-c4cccc(C(F)(F)F)c4)ccc3n2)n1. The number of aromatic nitrogens is 5. The van der Waals surface area contributed by atoms with Gasteiger partial charge in [-0.05, 0) is 64.4 Å². The number of pyridine rings is 1. The Bertz CT molecular complexity index is 1770. The molecule has 208 valence electrons. The Kier molecular flexibility index (Phi) is 7.10. The molecule has 0 aliphatic rings. The number of carbonyl (C=O) groups is 2. The van der Waals surface area contributed by atoms with Crippen molar-refractivity contribution in [3.05, 3.63) is 101 Å². The van der Waals surface area contributed by atoms with Crippen LogP contribution in [0.5, 0.6) is 5.75 Å². The Hall–Kier alpha value is -5.33. The van der Waals surface area contributed by atoms with Crippen LogP contribution in [0.2, 0.25) is 0 Å². The van der Waals surface area contributed by atoms with Crippen LogP contribution in [0.3, 0.4) is 0 Å². The van der Waals surface area contributed by atoms with E-state index in [1.807, 2.05) is 0 Å². The van der Waals surface area contributed by atoms with E-state index >= 15 is 0 Å². The smallest absolute Gasteiger partial charge is 0.416 e. The molecule has 0 aliphatic heterocycles. The third kappa shape index (κ3) is 5.98. The highest BCUT2D eigenvalue weighted by Crippen LogP contribution is 2.33. The fraction of sp³-hybridized carbons (Fsp3) is 0.143. The van der Waals surface area contributed by atoms with Crippen LogP contribution in [0.4, 0.5) is 13.2 Å². The molecule has 5 aromatic rings. The van der Waals surface area contributed by atoms with Gasteiger partial charge in [-0.25, -0.2) is 9.78 Å². The van der Waals surface area contributed by atoms with Gasteiger partial charge in [0.15, 0.2) is 5.82 Å². The van der Waals surface area contributed by atoms with Gasteiger partial charge in [-0.3, -0.25) is 4.79 Å². The topological polar surface area (TPSA) is 143 Å². The Morgan fingerprint density at radius 1 is 1.00 bits per heavy atom. The van der Waals surface area contributed by atoms with Crippen LogP contribution in [-0.2, 0) is 19.6 Å². The number of aromatic hydroxyl groups is 1. The molecular weight excluding hydrogens is 541 g/mol. The van der Waals surface area contributed by atoms with Crippen LogP contribution < -0.4 is 5.32 Å². The Morgan fingerprint density at radius 3 is 2.39 bits per heavy atom. The number of alkyl halides is 3. The lowest BCUT2D eigenvalue weighted by atomic mass is 9.98. The molecule has 13 heteroatoms. The van der Waals surface area contributed by atoms with E-state index in [9.17, 15) is 33.0 Å². The van der Waals surface area contributed by atoms with Crippen molar-refractivity contribution in [3.8, 4) is 16.9 Å². The van der Waals surface area contributed by atoms with Crippen molar-refractivity contribution in [2.45, 2.75) is 18.6 Å². The van der Waals surface area contributed by atoms with E-state index in [-0.39, 0.29) is 45.7 Å². The van der Waals surface area contributed by atoms with Crippen molar-refractivity contribution in [1.82, 2.24) is 30.5 Å². The fourth-order valence-electron chi connectivity index (χ4n) is 4.32. The quantitative estimate of drug-likeness (QED) is 0.262. The van der Waals surface area contributed by atoms with Crippen molar-refractivity contribution in [3.63, 3.8) is 0 Å². The number of aryl methyl sites for hydroxylation is 1. The third-order valence-corrected chi connectivity index (χ3v) is 6.31. The molecule has 3 aromatic carbocycles. The minimum Gasteiger partial charge on any atom is -0.508 e. The number of hydrogen-bond acceptors (Lipinski definition) is 7. The number of aromatic carboxylic acids is 1. The largest absolute Gasteiger partial charge is 0.508 e. The number of amides is 1. The van der Waals surface area contributed by atoms with Gasteiger partial charge in [-0.2, -0.15) is 18.0 Å². The van der Waals surface area contributed by atoms with Gasteiger partial charge >= 0.3 is 12.1 Å². The number of fused-ring (bicyclic) bond motifs is 1. The highest BCUT2D eigenvalue weighted by Gasteiger charge is 2.30. The Morgan fingerprint density at radius 2 is 1.73 bits per heavy atom. The van der Waals surface area contributed by atoms with E-state index in [2.05, 4.69) is 25.7 Å². The molecule has 0 aliphatic carbocycles. The van der Waals surface area contributed by atoms with Gasteiger partial charge in [0.05, 0.1) is 29.7 Å². The summed E-state index contributed by atoms with van der Waals surface area (Å²) in [6.07, 6.45) is -4.30. The van der Waals surface area contributed by atoms with Gasteiger partial charge in [0.2, 0.25) is 0 Å². The normalized spacial score (nSPS) is 12.3. The molecule has 1 atom stereocenters. The molecule has 0 saturated carbocycles. The number of carboxylic acid groups (broad SMARTS) is 1. The minimum atomic E-state index is -4.54. The zero-order valence-corrected chi connectivity index (χ0v) is 21.3. The van der Waals surface area contributed by atoms with E-state index in [1.54, 1.807) is 19.2 Å². The number of halogens is 3. The first-order chi connectivity index (χ1) is 19.5. The fourth-order valence-corrected chi connectivity index (χ4v) is 4.32. The van der Waals surface area contributed by atoms with Gasteiger partial charge < -0.3 is 15.5 Å². The lowest BCUT2D eigenvalue weighted by molar-refractivity contribution is -0.137. The second-order valence-electron chi connectivity index (χ2n) is 9.20. The highest BCUT2D eigenvalue weighted by molar-refractivity contribution is 6.06. The number of tetrazole rings is 1. The van der Waals surface area contributed by atoms with Crippen molar-refractivity contribution in [2.75, 3.05) is 0 Å². The number of rotatable bonds is 7. The summed E-state index contributed by atoms with van der Waals surface area (Å²) in [4.78, 5) is 31.1. The first-order valence-corrected chi connectivity index (χ1v) is 12.2. The zero-order valence-electron chi connectivity index (χ0n) is 21.3. The van der Waals surface area contributed by atoms with E-state index < -0.39 is 29.7 Å². The number of nitrogens with zero attached hydrogens (tertiary/aromatic N) is 5. The third-order valence-electron chi connectivity index (χ3n) is 6.31. The standard InChI is InChI=1S/C28H21F3N6O4/c1-37-35-25(34-36-37)23(11-15-5-8-19(38)9-6-15)33-26(39)24-14-21(27(40)41)20-13-17(7-10-22(20)32-24)16-3-2-4-18(12-16)28(29,30)31/h2-10,12-14,23,38H,11H2,1H3,(H,33,39)(H,40,41)/t23-/m1/s1. The van der Waals surface area contributed by atoms with Gasteiger partial charge in [-0.1, -0.05) is 30.3 Å². The molecule has 2 aromatic heterocycles. The molecule has 2 heterocycles. The number of nitrogens with one attached hydrogen (secondary N) is 1. The number of carboxylic acids is 1. The molecule has 3 N–H and O–H groups in total. The van der Waals surface area contributed by atoms with E-state index in [0.717, 1.165) is 23.8 Å². The van der Waals surface area contributed by atoms with Gasteiger partial charge in [0, 0.05) is 11.8 Å². The van der Waals surface area contributed by atoms with Crippen molar-refractivity contribution in [2.24, 2.45) is 7.05 Å². The minimum absolute atomic E-state index is 0.0738. The first-order valence-electron chi connectivity index (χ1n) is 12.2. The average molecular weight is 563 g/mol. The molecule has 0 bridgehead atoms. The summed E-state index contributed by atoms with van der Waals surface area (Å²) in [6, 6.07) is 15.7. The maximum Gasteiger partial charge on any atom is 0.416 e. The second-order valence-corrected chi connectivity index (χ2v) is 9.20. The van der Waals surface area contributed by atoms with Crippen LogP contribution in [-0.4, -0.2) is 47.3 Å². The number of hydrogen-bond donors (Lipinski definition) is 3. The van der Waals surface area contributed by atoms with Gasteiger partial charge in [0.1, 0.15) is 11.4 Å². The molecule has 41 heavy (non-hydrogen) atoms. The van der Waals surface area contributed by atoms with Crippen molar-refractivity contribution in [1.29, 1.82) is 0 Å². The van der Waals surface area contributed by atoms with E-state index in [1.165, 1.54) is 47.3 Å². The number of phenols is 1. The van der Waals surface area contributed by atoms with E-state index in [0.29, 0.717) is 5.56 Å². The van der Waals surface area contributed by atoms with Crippen LogP contribution in [0.15, 0.2) is 72.8 Å².